The summed E-state index contributed by atoms with van der Waals surface area (Å²) in [6, 6.07) is 2.69. The lowest BCUT2D eigenvalue weighted by molar-refractivity contribution is -0.146. The fraction of sp³-hybridized carbons (Fsp3) is 0.667. The number of alkyl carbamates (subject to hydrolysis) is 1. The molecule has 1 aromatic heterocycles. The monoisotopic (exact) mass is 1010 g/mol. The maximum Gasteiger partial charge on any atom is 0.408 e. The van der Waals surface area contributed by atoms with Crippen molar-refractivity contribution in [2.45, 2.75) is 189 Å². The number of benzene rings is 1. The van der Waals surface area contributed by atoms with E-state index in [0.717, 1.165) is 16.5 Å². The van der Waals surface area contributed by atoms with E-state index in [1.165, 1.54) is 18.9 Å². The number of aromatic nitrogens is 1. The van der Waals surface area contributed by atoms with E-state index in [1.54, 1.807) is 40.8 Å². The van der Waals surface area contributed by atoms with Crippen LogP contribution < -0.4 is 31.9 Å². The average Bonchev–Trinajstić information content (AvgIpc) is 3.82. The van der Waals surface area contributed by atoms with Gasteiger partial charge >= 0.3 is 12.1 Å². The zero-order chi connectivity index (χ0) is 53.1. The number of esters is 1. The van der Waals surface area contributed by atoms with Crippen LogP contribution in [-0.4, -0.2) is 116 Å². The van der Waals surface area contributed by atoms with Gasteiger partial charge in [-0.1, -0.05) is 110 Å². The van der Waals surface area contributed by atoms with Crippen LogP contribution in [0, 0.1) is 23.7 Å². The molecule has 0 saturated carbocycles. The van der Waals surface area contributed by atoms with E-state index in [-0.39, 0.29) is 41.0 Å². The van der Waals surface area contributed by atoms with E-state index in [9.17, 15) is 28.8 Å². The second-order valence-corrected chi connectivity index (χ2v) is 22.7. The van der Waals surface area contributed by atoms with Gasteiger partial charge in [-0.15, -0.1) is 0 Å². The Bertz CT molecular complexity index is 2250. The van der Waals surface area contributed by atoms with E-state index in [0.29, 0.717) is 29.3 Å². The molecule has 17 nitrogen and oxygen atoms in total. The van der Waals surface area contributed by atoms with Gasteiger partial charge in [-0.05, 0) is 97.1 Å². The SMILES string of the molecule is CC[C@H](C)[C@H](N=C1SC([C@@H](C)NC(=O)[C@@H](NC(=O)[C@H](Cc2c[nH]c3ccccc23)NC(=O)OC(C)(C)C)[C@@H](C)CC)=NC1(C)C)C(=O)N[C@H](C(=S)NC(C)(C)C(=O)N[C@@H](CC(C)C)C(=O)OC)C(C)C. The molecule has 1 aliphatic heterocycles. The summed E-state index contributed by atoms with van der Waals surface area (Å²) in [5.41, 5.74) is -1.21. The number of H-pyrrole nitrogens is 1. The lowest BCUT2D eigenvalue weighted by Crippen LogP contribution is -2.62. The quantitative estimate of drug-likeness (QED) is 0.0446. The third-order valence-corrected chi connectivity index (χ3v) is 14.0. The number of aromatic amines is 1. The first kappa shape index (κ1) is 59.3. The van der Waals surface area contributed by atoms with Crippen LogP contribution in [0.3, 0.4) is 0 Å². The Kier molecular flexibility index (Phi) is 21.5. The number of hydrogen-bond acceptors (Lipinski definition) is 12. The predicted octanol–water partition coefficient (Wildman–Crippen LogP) is 6.92. The van der Waals surface area contributed by atoms with Gasteiger partial charge < -0.3 is 46.4 Å². The number of amides is 5. The first-order chi connectivity index (χ1) is 32.4. The Hall–Kier alpha value is -5.04. The number of carbonyl (C=O) groups excluding carboxylic acids is 6. The predicted molar refractivity (Wildman–Crippen MR) is 284 cm³/mol. The molecule has 390 valence electrons. The molecular weight excluding hydrogens is 931 g/mol. The lowest BCUT2D eigenvalue weighted by atomic mass is 9.96. The largest absolute Gasteiger partial charge is 0.467 e. The van der Waals surface area contributed by atoms with E-state index in [4.69, 9.17) is 31.7 Å². The minimum atomic E-state index is -1.25. The Morgan fingerprint density at radius 1 is 0.814 bits per heavy atom. The van der Waals surface area contributed by atoms with E-state index < -0.39 is 82.7 Å². The highest BCUT2D eigenvalue weighted by Crippen LogP contribution is 2.34. The molecule has 0 unspecified atom stereocenters. The Balaban J connectivity index is 1.81. The molecule has 3 rings (SSSR count). The van der Waals surface area contributed by atoms with Gasteiger partial charge in [-0.3, -0.25) is 29.2 Å². The van der Waals surface area contributed by atoms with Gasteiger partial charge in [0.1, 0.15) is 45.9 Å². The summed E-state index contributed by atoms with van der Waals surface area (Å²) >= 11 is 7.14. The Morgan fingerprint density at radius 3 is 2.00 bits per heavy atom. The molecule has 7 N–H and O–H groups in total. The van der Waals surface area contributed by atoms with Gasteiger partial charge in [0.05, 0.1) is 29.2 Å². The van der Waals surface area contributed by atoms with Gasteiger partial charge in [-0.2, -0.15) is 0 Å². The molecule has 0 aliphatic carbocycles. The molecule has 0 radical (unpaired) electrons. The molecule has 1 aromatic carbocycles. The fourth-order valence-corrected chi connectivity index (χ4v) is 9.37. The third kappa shape index (κ3) is 16.8. The molecular formula is C51H81N9O8S2. The van der Waals surface area contributed by atoms with Crippen LogP contribution in [0.15, 0.2) is 40.4 Å². The summed E-state index contributed by atoms with van der Waals surface area (Å²) in [4.78, 5) is 95.3. The van der Waals surface area contributed by atoms with Gasteiger partial charge in [0.25, 0.3) is 0 Å². The van der Waals surface area contributed by atoms with Crippen molar-refractivity contribution < 1.29 is 38.2 Å². The molecule has 2 heterocycles. The first-order valence-electron chi connectivity index (χ1n) is 24.5. The number of hydrogen-bond donors (Lipinski definition) is 7. The van der Waals surface area contributed by atoms with Crippen molar-refractivity contribution in [1.82, 2.24) is 36.9 Å². The zero-order valence-corrected chi connectivity index (χ0v) is 46.1. The summed E-state index contributed by atoms with van der Waals surface area (Å²) in [5, 5.41) is 19.9. The first-order valence-corrected chi connectivity index (χ1v) is 25.7. The standard InChI is InChI=1S/C51H81N9O8S2/c1-18-29(7)38(57-40(61)35(55-48(66)68-49(10,11)12)25-32-26-52-34-23-21-20-22-33(32)34)41(62)53-31(9)44-60-51(15,16)47(70-44)58-39(30(8)19-2)42(63)56-37(28(5)6)43(69)59-50(13,14)46(65)54-36(24-27(3)4)45(64)67-17/h20-23,26-31,35-39,52H,18-19,24-25H2,1-17H3,(H,53,62)(H,54,65)(H,55,66)(H,56,63)(H,57,61)(H,59,69)/t29-,30-,31+,35-,36-,37-,38-,39-/m0/s1. The highest BCUT2D eigenvalue weighted by Gasteiger charge is 2.40. The fourth-order valence-electron chi connectivity index (χ4n) is 7.62. The molecule has 0 bridgehead atoms. The van der Waals surface area contributed by atoms with E-state index in [1.807, 2.05) is 100 Å². The van der Waals surface area contributed by atoms with Crippen LogP contribution in [-0.2, 0) is 39.9 Å². The second kappa shape index (κ2) is 25.4. The normalized spacial score (nSPS) is 17.8. The molecule has 1 aliphatic rings. The number of nitrogens with one attached hydrogen (secondary N) is 7. The molecule has 70 heavy (non-hydrogen) atoms. The summed E-state index contributed by atoms with van der Waals surface area (Å²) in [7, 11) is 1.28. The number of thiocarbonyl (C=S) groups is 1. The molecule has 19 heteroatoms. The van der Waals surface area contributed by atoms with Gasteiger partial charge in [0.15, 0.2) is 0 Å². The maximum atomic E-state index is 14.3. The highest BCUT2D eigenvalue weighted by atomic mass is 32.2. The number of rotatable bonds is 23. The summed E-state index contributed by atoms with van der Waals surface area (Å²) in [6.45, 7) is 29.6. The Morgan fingerprint density at radius 2 is 1.43 bits per heavy atom. The lowest BCUT2D eigenvalue weighted by Gasteiger charge is -2.33. The summed E-state index contributed by atoms with van der Waals surface area (Å²) in [5.74, 6) is -2.85. The number of nitrogens with zero attached hydrogens (tertiary/aromatic N) is 2. The van der Waals surface area contributed by atoms with Crippen LogP contribution in [0.5, 0.6) is 0 Å². The smallest absolute Gasteiger partial charge is 0.408 e. The second-order valence-electron chi connectivity index (χ2n) is 21.3. The number of thioether (sulfide) groups is 1. The van der Waals surface area contributed by atoms with Crippen molar-refractivity contribution in [3.8, 4) is 0 Å². The van der Waals surface area contributed by atoms with E-state index in [2.05, 4.69) is 36.9 Å². The number of fused-ring (bicyclic) bond motifs is 1. The van der Waals surface area contributed by atoms with Gasteiger partial charge in [0, 0.05) is 23.5 Å². The minimum Gasteiger partial charge on any atom is -0.467 e. The highest BCUT2D eigenvalue weighted by molar-refractivity contribution is 8.27. The van der Waals surface area contributed by atoms with Crippen molar-refractivity contribution >= 4 is 85.6 Å². The maximum absolute atomic E-state index is 14.3. The Labute approximate surface area is 425 Å². The number of aliphatic imine (C=N–C) groups is 2. The van der Waals surface area contributed by atoms with E-state index >= 15 is 0 Å². The topological polar surface area (TPSA) is 234 Å². The van der Waals surface area contributed by atoms with Crippen LogP contribution >= 0.6 is 24.0 Å². The van der Waals surface area contributed by atoms with Crippen molar-refractivity contribution in [3.05, 3.63) is 36.0 Å². The number of methoxy groups -OCH3 is 1. The minimum absolute atomic E-state index is 0.119. The molecule has 0 saturated heterocycles. The average molecular weight is 1010 g/mol. The van der Waals surface area contributed by atoms with Crippen LogP contribution in [0.25, 0.3) is 10.9 Å². The van der Waals surface area contributed by atoms with Crippen molar-refractivity contribution in [2.24, 2.45) is 33.7 Å². The molecule has 8 atom stereocenters. The van der Waals surface area contributed by atoms with Gasteiger partial charge in [-0.25, -0.2) is 9.59 Å². The van der Waals surface area contributed by atoms with Crippen LogP contribution in [0.1, 0.15) is 136 Å². The number of ether oxygens (including phenoxy) is 2. The van der Waals surface area contributed by atoms with Crippen LogP contribution in [0.2, 0.25) is 0 Å². The molecule has 0 fully saturated rings. The van der Waals surface area contributed by atoms with Gasteiger partial charge in [0.2, 0.25) is 23.6 Å². The number of carbonyl (C=O) groups is 6. The van der Waals surface area contributed by atoms with Crippen LogP contribution in [0.4, 0.5) is 4.79 Å². The summed E-state index contributed by atoms with van der Waals surface area (Å²) in [6.07, 6.45) is 2.78. The summed E-state index contributed by atoms with van der Waals surface area (Å²) < 4.78 is 10.5. The molecule has 2 aromatic rings. The van der Waals surface area contributed by atoms with Crippen molar-refractivity contribution in [1.29, 1.82) is 0 Å². The molecule has 5 amide bonds. The zero-order valence-electron chi connectivity index (χ0n) is 44.5. The van der Waals surface area contributed by atoms with Crippen molar-refractivity contribution in [3.63, 3.8) is 0 Å². The third-order valence-electron chi connectivity index (χ3n) is 12.2. The number of para-hydroxylation sites is 1. The molecule has 0 spiro atoms. The van der Waals surface area contributed by atoms with Crippen molar-refractivity contribution in [2.75, 3.05) is 7.11 Å².